The maximum absolute atomic E-state index is 12.9. The van der Waals surface area contributed by atoms with Gasteiger partial charge in [0, 0.05) is 39.8 Å². The number of benzene rings is 1. The molecule has 6 nitrogen and oxygen atoms in total. The summed E-state index contributed by atoms with van der Waals surface area (Å²) in [6.07, 6.45) is 0.919. The first-order valence-electron chi connectivity index (χ1n) is 8.97. The number of hydrogen-bond donors (Lipinski definition) is 1. The first kappa shape index (κ1) is 19.5. The van der Waals surface area contributed by atoms with Crippen molar-refractivity contribution in [1.82, 2.24) is 15.1 Å². The third-order valence-electron chi connectivity index (χ3n) is 4.41. The second-order valence-electron chi connectivity index (χ2n) is 6.74. The molecule has 1 aromatic rings. The SMILES string of the molecule is CCCOc1cc(C(C(=O)N(C)C)N2CCNC(C)C2)ccc1OC. The molecule has 25 heavy (non-hydrogen) atoms. The van der Waals surface area contributed by atoms with Gasteiger partial charge in [0.1, 0.15) is 6.04 Å². The summed E-state index contributed by atoms with van der Waals surface area (Å²) in [5, 5.41) is 3.43. The van der Waals surface area contributed by atoms with E-state index in [-0.39, 0.29) is 11.9 Å². The monoisotopic (exact) mass is 349 g/mol. The van der Waals surface area contributed by atoms with E-state index in [1.807, 2.05) is 18.2 Å². The first-order valence-corrected chi connectivity index (χ1v) is 8.97. The fraction of sp³-hybridized carbons (Fsp3) is 0.632. The molecule has 0 radical (unpaired) electrons. The van der Waals surface area contributed by atoms with Crippen LogP contribution < -0.4 is 14.8 Å². The van der Waals surface area contributed by atoms with Gasteiger partial charge in [-0.15, -0.1) is 0 Å². The molecule has 2 unspecified atom stereocenters. The number of likely N-dealkylation sites (N-methyl/N-ethyl adjacent to an activating group) is 1. The first-order chi connectivity index (χ1) is 12.0. The van der Waals surface area contributed by atoms with Crippen molar-refractivity contribution in [2.45, 2.75) is 32.4 Å². The predicted molar refractivity (Wildman–Crippen MR) is 99.3 cm³/mol. The Morgan fingerprint density at radius 1 is 1.40 bits per heavy atom. The lowest BCUT2D eigenvalue weighted by molar-refractivity contribution is -0.135. The van der Waals surface area contributed by atoms with Crippen LogP contribution in [-0.4, -0.2) is 69.2 Å². The molecule has 1 saturated heterocycles. The number of nitrogens with zero attached hydrogens (tertiary/aromatic N) is 2. The van der Waals surface area contributed by atoms with Crippen molar-refractivity contribution in [2.24, 2.45) is 0 Å². The molecule has 140 valence electrons. The zero-order valence-electron chi connectivity index (χ0n) is 16.0. The van der Waals surface area contributed by atoms with Gasteiger partial charge in [0.2, 0.25) is 5.91 Å². The summed E-state index contributed by atoms with van der Waals surface area (Å²) in [4.78, 5) is 16.8. The van der Waals surface area contributed by atoms with E-state index in [1.54, 1.807) is 26.1 Å². The Morgan fingerprint density at radius 3 is 2.76 bits per heavy atom. The van der Waals surface area contributed by atoms with Crippen molar-refractivity contribution in [3.8, 4) is 11.5 Å². The van der Waals surface area contributed by atoms with Crippen LogP contribution in [0.4, 0.5) is 0 Å². The highest BCUT2D eigenvalue weighted by Gasteiger charge is 2.32. The van der Waals surface area contributed by atoms with Crippen molar-refractivity contribution in [3.05, 3.63) is 23.8 Å². The summed E-state index contributed by atoms with van der Waals surface area (Å²) in [5.41, 5.74) is 0.944. The maximum atomic E-state index is 12.9. The topological polar surface area (TPSA) is 54.0 Å². The van der Waals surface area contributed by atoms with Crippen LogP contribution in [0.2, 0.25) is 0 Å². The number of nitrogens with one attached hydrogen (secondary N) is 1. The van der Waals surface area contributed by atoms with Gasteiger partial charge in [-0.25, -0.2) is 0 Å². The Balaban J connectivity index is 2.37. The highest BCUT2D eigenvalue weighted by molar-refractivity contribution is 5.83. The standard InChI is InChI=1S/C19H31N3O3/c1-6-11-25-17-12-15(7-8-16(17)24-5)18(19(23)21(3)4)22-10-9-20-14(2)13-22/h7-8,12,14,18,20H,6,9-11,13H2,1-5H3. The van der Waals surface area contributed by atoms with Gasteiger partial charge < -0.3 is 19.7 Å². The van der Waals surface area contributed by atoms with E-state index in [0.717, 1.165) is 31.6 Å². The van der Waals surface area contributed by atoms with Crippen LogP contribution in [-0.2, 0) is 4.79 Å². The second-order valence-corrected chi connectivity index (χ2v) is 6.74. The lowest BCUT2D eigenvalue weighted by Gasteiger charge is -2.38. The van der Waals surface area contributed by atoms with Crippen molar-refractivity contribution in [3.63, 3.8) is 0 Å². The zero-order valence-corrected chi connectivity index (χ0v) is 16.0. The molecule has 2 rings (SSSR count). The molecule has 0 bridgehead atoms. The van der Waals surface area contributed by atoms with Crippen LogP contribution in [0.15, 0.2) is 18.2 Å². The number of carbonyl (C=O) groups is 1. The van der Waals surface area contributed by atoms with Gasteiger partial charge >= 0.3 is 0 Å². The molecule has 1 amide bonds. The molecule has 1 aliphatic rings. The molecule has 1 heterocycles. The van der Waals surface area contributed by atoms with Crippen molar-refractivity contribution in [1.29, 1.82) is 0 Å². The highest BCUT2D eigenvalue weighted by Crippen LogP contribution is 2.33. The number of amides is 1. The van der Waals surface area contributed by atoms with Crippen LogP contribution >= 0.6 is 0 Å². The van der Waals surface area contributed by atoms with E-state index in [9.17, 15) is 4.79 Å². The van der Waals surface area contributed by atoms with Crippen molar-refractivity contribution >= 4 is 5.91 Å². The molecule has 0 aromatic heterocycles. The average molecular weight is 349 g/mol. The third kappa shape index (κ3) is 4.86. The number of hydrogen-bond acceptors (Lipinski definition) is 5. The number of rotatable bonds is 7. The van der Waals surface area contributed by atoms with Gasteiger partial charge in [-0.1, -0.05) is 13.0 Å². The van der Waals surface area contributed by atoms with Crippen molar-refractivity contribution < 1.29 is 14.3 Å². The van der Waals surface area contributed by atoms with Gasteiger partial charge in [-0.05, 0) is 31.0 Å². The molecule has 0 saturated carbocycles. The van der Waals surface area contributed by atoms with Crippen LogP contribution in [0, 0.1) is 0 Å². The molecule has 2 atom stereocenters. The maximum Gasteiger partial charge on any atom is 0.244 e. The Labute approximate surface area is 151 Å². The summed E-state index contributed by atoms with van der Waals surface area (Å²) < 4.78 is 11.2. The lowest BCUT2D eigenvalue weighted by atomic mass is 10.0. The van der Waals surface area contributed by atoms with Gasteiger partial charge in [0.05, 0.1) is 13.7 Å². The Hall–Kier alpha value is -1.79. The summed E-state index contributed by atoms with van der Waals surface area (Å²) in [7, 11) is 5.24. The largest absolute Gasteiger partial charge is 0.493 e. The average Bonchev–Trinajstić information content (AvgIpc) is 2.60. The summed E-state index contributed by atoms with van der Waals surface area (Å²) >= 11 is 0. The van der Waals surface area contributed by atoms with Crippen molar-refractivity contribution in [2.75, 3.05) is 47.4 Å². The van der Waals surface area contributed by atoms with Crippen LogP contribution in [0.1, 0.15) is 31.9 Å². The van der Waals surface area contributed by atoms with E-state index in [2.05, 4.69) is 24.1 Å². The number of ether oxygens (including phenoxy) is 2. The molecule has 1 aromatic carbocycles. The quantitative estimate of drug-likeness (QED) is 0.815. The molecular weight excluding hydrogens is 318 g/mol. The Morgan fingerprint density at radius 2 is 2.16 bits per heavy atom. The number of carbonyl (C=O) groups excluding carboxylic acids is 1. The summed E-state index contributed by atoms with van der Waals surface area (Å²) in [6, 6.07) is 5.86. The molecule has 1 N–H and O–H groups in total. The third-order valence-corrected chi connectivity index (χ3v) is 4.41. The van der Waals surface area contributed by atoms with Crippen LogP contribution in [0.3, 0.4) is 0 Å². The second kappa shape index (κ2) is 9.06. The normalized spacial score (nSPS) is 19.3. The smallest absolute Gasteiger partial charge is 0.244 e. The summed E-state index contributed by atoms with van der Waals surface area (Å²) in [6.45, 7) is 7.39. The lowest BCUT2D eigenvalue weighted by Crippen LogP contribution is -2.53. The van der Waals surface area contributed by atoms with Gasteiger partial charge in [-0.2, -0.15) is 0 Å². The fourth-order valence-corrected chi connectivity index (χ4v) is 3.14. The predicted octanol–water partition coefficient (Wildman–Crippen LogP) is 1.91. The minimum atomic E-state index is -0.311. The van der Waals surface area contributed by atoms with Gasteiger partial charge in [-0.3, -0.25) is 9.69 Å². The van der Waals surface area contributed by atoms with Crippen LogP contribution in [0.5, 0.6) is 11.5 Å². The molecule has 6 heteroatoms. The molecular formula is C19H31N3O3. The van der Waals surface area contributed by atoms with E-state index in [1.165, 1.54) is 0 Å². The number of methoxy groups -OCH3 is 1. The Bertz CT molecular complexity index is 577. The van der Waals surface area contributed by atoms with E-state index < -0.39 is 0 Å². The number of piperazine rings is 1. The molecule has 1 fully saturated rings. The summed E-state index contributed by atoms with van der Waals surface area (Å²) in [5.74, 6) is 1.48. The van der Waals surface area contributed by atoms with Gasteiger partial charge in [0.25, 0.3) is 0 Å². The van der Waals surface area contributed by atoms with E-state index >= 15 is 0 Å². The minimum Gasteiger partial charge on any atom is -0.493 e. The minimum absolute atomic E-state index is 0.0840. The fourth-order valence-electron chi connectivity index (χ4n) is 3.14. The molecule has 1 aliphatic heterocycles. The van der Waals surface area contributed by atoms with Crippen LogP contribution in [0.25, 0.3) is 0 Å². The highest BCUT2D eigenvalue weighted by atomic mass is 16.5. The molecule has 0 spiro atoms. The van der Waals surface area contributed by atoms with E-state index in [4.69, 9.17) is 9.47 Å². The Kier molecular flexibility index (Phi) is 7.08. The van der Waals surface area contributed by atoms with E-state index in [0.29, 0.717) is 24.1 Å². The zero-order chi connectivity index (χ0) is 18.4. The molecule has 0 aliphatic carbocycles. The van der Waals surface area contributed by atoms with Gasteiger partial charge in [0.15, 0.2) is 11.5 Å².